The molecule has 2 aromatic carbocycles. The maximum atomic E-state index is 9.92. The minimum Gasteiger partial charge on any atom is -0.508 e. The van der Waals surface area contributed by atoms with Gasteiger partial charge in [0.25, 0.3) is 0 Å². The van der Waals surface area contributed by atoms with Gasteiger partial charge in [-0.15, -0.1) is 0 Å². The maximum absolute atomic E-state index is 9.92. The van der Waals surface area contributed by atoms with Crippen molar-refractivity contribution in [3.8, 4) is 5.75 Å². The van der Waals surface area contributed by atoms with Crippen LogP contribution in [0.15, 0.2) is 54.7 Å². The SMILES string of the molecule is Oc1cccc2c1CCC2Nc1cnc2ccccc2c1. The predicted octanol–water partition coefficient (Wildman–Crippen LogP) is 4.04. The lowest BCUT2D eigenvalue weighted by Crippen LogP contribution is -2.07. The van der Waals surface area contributed by atoms with Crippen LogP contribution in [0.5, 0.6) is 5.75 Å². The van der Waals surface area contributed by atoms with E-state index in [-0.39, 0.29) is 6.04 Å². The van der Waals surface area contributed by atoms with E-state index in [0.29, 0.717) is 5.75 Å². The zero-order valence-corrected chi connectivity index (χ0v) is 11.6. The summed E-state index contributed by atoms with van der Waals surface area (Å²) in [6.45, 7) is 0. The molecule has 21 heavy (non-hydrogen) atoms. The summed E-state index contributed by atoms with van der Waals surface area (Å²) in [5.74, 6) is 0.411. The fourth-order valence-corrected chi connectivity index (χ4v) is 3.14. The van der Waals surface area contributed by atoms with Crippen LogP contribution in [0.25, 0.3) is 10.9 Å². The zero-order chi connectivity index (χ0) is 14.2. The molecule has 0 saturated heterocycles. The molecule has 104 valence electrons. The Hall–Kier alpha value is -2.55. The lowest BCUT2D eigenvalue weighted by atomic mass is 10.1. The van der Waals surface area contributed by atoms with Crippen molar-refractivity contribution < 1.29 is 5.11 Å². The van der Waals surface area contributed by atoms with E-state index >= 15 is 0 Å². The van der Waals surface area contributed by atoms with Gasteiger partial charge in [0.1, 0.15) is 5.75 Å². The summed E-state index contributed by atoms with van der Waals surface area (Å²) >= 11 is 0. The highest BCUT2D eigenvalue weighted by atomic mass is 16.3. The number of phenolic OH excluding ortho intramolecular Hbond substituents is 1. The molecule has 1 aliphatic rings. The van der Waals surface area contributed by atoms with Gasteiger partial charge in [-0.3, -0.25) is 4.98 Å². The monoisotopic (exact) mass is 276 g/mol. The summed E-state index contributed by atoms with van der Waals surface area (Å²) in [7, 11) is 0. The number of hydrogen-bond donors (Lipinski definition) is 2. The smallest absolute Gasteiger partial charge is 0.119 e. The third-order valence-corrected chi connectivity index (χ3v) is 4.18. The molecule has 0 fully saturated rings. The van der Waals surface area contributed by atoms with E-state index in [2.05, 4.69) is 28.5 Å². The fraction of sp³-hybridized carbons (Fsp3) is 0.167. The van der Waals surface area contributed by atoms with Crippen molar-refractivity contribution in [2.45, 2.75) is 18.9 Å². The van der Waals surface area contributed by atoms with Gasteiger partial charge in [-0.05, 0) is 42.2 Å². The first-order valence-electron chi connectivity index (χ1n) is 7.23. The van der Waals surface area contributed by atoms with Crippen LogP contribution in [-0.2, 0) is 6.42 Å². The van der Waals surface area contributed by atoms with Crippen LogP contribution in [0.3, 0.4) is 0 Å². The average Bonchev–Trinajstić information content (AvgIpc) is 2.92. The summed E-state index contributed by atoms with van der Waals surface area (Å²) in [5, 5.41) is 14.6. The number of nitrogens with one attached hydrogen (secondary N) is 1. The summed E-state index contributed by atoms with van der Waals surface area (Å²) in [6, 6.07) is 16.2. The number of nitrogens with zero attached hydrogens (tertiary/aromatic N) is 1. The topological polar surface area (TPSA) is 45.1 Å². The van der Waals surface area contributed by atoms with Gasteiger partial charge >= 0.3 is 0 Å². The molecule has 3 nitrogen and oxygen atoms in total. The Bertz CT molecular complexity index is 813. The molecular weight excluding hydrogens is 260 g/mol. The first-order chi connectivity index (χ1) is 10.3. The molecule has 3 heteroatoms. The molecular formula is C18H16N2O. The molecule has 0 spiro atoms. The first-order valence-corrected chi connectivity index (χ1v) is 7.23. The summed E-state index contributed by atoms with van der Waals surface area (Å²) in [4.78, 5) is 4.48. The van der Waals surface area contributed by atoms with E-state index < -0.39 is 0 Å². The largest absolute Gasteiger partial charge is 0.508 e. The van der Waals surface area contributed by atoms with E-state index in [1.165, 1.54) is 5.56 Å². The Morgan fingerprint density at radius 3 is 2.95 bits per heavy atom. The fourth-order valence-electron chi connectivity index (χ4n) is 3.14. The normalized spacial score (nSPS) is 16.9. The molecule has 4 rings (SSSR count). The van der Waals surface area contributed by atoms with Gasteiger partial charge < -0.3 is 10.4 Å². The van der Waals surface area contributed by atoms with Crippen molar-refractivity contribution in [2.24, 2.45) is 0 Å². The van der Waals surface area contributed by atoms with Crippen molar-refractivity contribution in [1.82, 2.24) is 4.98 Å². The number of anilines is 1. The van der Waals surface area contributed by atoms with Crippen molar-refractivity contribution in [3.63, 3.8) is 0 Å². The lowest BCUT2D eigenvalue weighted by molar-refractivity contribution is 0.469. The molecule has 2 N–H and O–H groups in total. The van der Waals surface area contributed by atoms with Crippen LogP contribution in [0.2, 0.25) is 0 Å². The minimum absolute atomic E-state index is 0.245. The molecule has 1 aromatic heterocycles. The number of aromatic nitrogens is 1. The van der Waals surface area contributed by atoms with Gasteiger partial charge in [0.15, 0.2) is 0 Å². The summed E-state index contributed by atoms with van der Waals surface area (Å²) in [6.07, 6.45) is 3.80. The van der Waals surface area contributed by atoms with Gasteiger partial charge in [-0.25, -0.2) is 0 Å². The molecule has 0 amide bonds. The summed E-state index contributed by atoms with van der Waals surface area (Å²) < 4.78 is 0. The standard InChI is InChI=1S/C18H16N2O/c21-18-7-3-5-14-15(18)8-9-17(14)20-13-10-12-4-1-2-6-16(12)19-11-13/h1-7,10-11,17,20-21H,8-9H2. The van der Waals surface area contributed by atoms with Crippen molar-refractivity contribution >= 4 is 16.6 Å². The third kappa shape index (κ3) is 2.11. The number of pyridine rings is 1. The van der Waals surface area contributed by atoms with Gasteiger partial charge in [-0.1, -0.05) is 30.3 Å². The van der Waals surface area contributed by atoms with Gasteiger partial charge in [0.2, 0.25) is 0 Å². The number of aromatic hydroxyl groups is 1. The highest BCUT2D eigenvalue weighted by Gasteiger charge is 2.24. The number of hydrogen-bond acceptors (Lipinski definition) is 3. The van der Waals surface area contributed by atoms with Gasteiger partial charge in [0, 0.05) is 5.39 Å². The molecule has 1 aliphatic carbocycles. The van der Waals surface area contributed by atoms with Gasteiger partial charge in [-0.2, -0.15) is 0 Å². The van der Waals surface area contributed by atoms with Crippen LogP contribution in [0.1, 0.15) is 23.6 Å². The van der Waals surface area contributed by atoms with Crippen LogP contribution >= 0.6 is 0 Å². The Kier molecular flexibility index (Phi) is 2.78. The minimum atomic E-state index is 0.245. The number of fused-ring (bicyclic) bond motifs is 2. The highest BCUT2D eigenvalue weighted by molar-refractivity contribution is 5.81. The average molecular weight is 276 g/mol. The second-order valence-corrected chi connectivity index (χ2v) is 5.50. The van der Waals surface area contributed by atoms with Crippen LogP contribution in [0, 0.1) is 0 Å². The van der Waals surface area contributed by atoms with Crippen molar-refractivity contribution in [1.29, 1.82) is 0 Å². The molecule has 1 unspecified atom stereocenters. The lowest BCUT2D eigenvalue weighted by Gasteiger charge is -2.16. The molecule has 1 atom stereocenters. The Balaban J connectivity index is 1.66. The van der Waals surface area contributed by atoms with Gasteiger partial charge in [0.05, 0.1) is 23.4 Å². The van der Waals surface area contributed by atoms with Crippen molar-refractivity contribution in [3.05, 3.63) is 65.9 Å². The quantitative estimate of drug-likeness (QED) is 0.742. The van der Waals surface area contributed by atoms with E-state index in [9.17, 15) is 5.11 Å². The second-order valence-electron chi connectivity index (χ2n) is 5.50. The van der Waals surface area contributed by atoms with Crippen LogP contribution in [0.4, 0.5) is 5.69 Å². The molecule has 0 bridgehead atoms. The van der Waals surface area contributed by atoms with Crippen LogP contribution in [-0.4, -0.2) is 10.1 Å². The zero-order valence-electron chi connectivity index (χ0n) is 11.6. The number of phenols is 1. The molecule has 0 aliphatic heterocycles. The Labute approximate surface area is 123 Å². The summed E-state index contributed by atoms with van der Waals surface area (Å²) in [5.41, 5.74) is 4.30. The van der Waals surface area contributed by atoms with Crippen molar-refractivity contribution in [2.75, 3.05) is 5.32 Å². The Morgan fingerprint density at radius 1 is 1.10 bits per heavy atom. The molecule has 1 heterocycles. The predicted molar refractivity (Wildman–Crippen MR) is 84.5 cm³/mol. The first kappa shape index (κ1) is 12.2. The van der Waals surface area contributed by atoms with Crippen LogP contribution < -0.4 is 5.32 Å². The maximum Gasteiger partial charge on any atom is 0.119 e. The highest BCUT2D eigenvalue weighted by Crippen LogP contribution is 2.38. The molecule has 0 saturated carbocycles. The number of rotatable bonds is 2. The van der Waals surface area contributed by atoms with E-state index in [1.54, 1.807) is 6.07 Å². The van der Waals surface area contributed by atoms with E-state index in [0.717, 1.165) is 35.0 Å². The second kappa shape index (κ2) is 4.77. The number of benzene rings is 2. The van der Waals surface area contributed by atoms with E-state index in [4.69, 9.17) is 0 Å². The molecule has 3 aromatic rings. The molecule has 0 radical (unpaired) electrons. The Morgan fingerprint density at radius 2 is 2.00 bits per heavy atom. The number of para-hydroxylation sites is 1. The van der Waals surface area contributed by atoms with E-state index in [1.807, 2.05) is 30.5 Å². The third-order valence-electron chi connectivity index (χ3n) is 4.18.